The first kappa shape index (κ1) is 16.1. The number of carbonyl (C=O) groups excluding carboxylic acids is 1. The van der Waals surface area contributed by atoms with Crippen molar-refractivity contribution in [2.45, 2.75) is 26.8 Å². The Hall–Kier alpha value is -2.28. The fourth-order valence-corrected chi connectivity index (χ4v) is 2.10. The van der Waals surface area contributed by atoms with E-state index in [2.05, 4.69) is 34.3 Å². The zero-order valence-corrected chi connectivity index (χ0v) is 13.0. The minimum atomic E-state index is -0.386. The third-order valence-corrected chi connectivity index (χ3v) is 3.41. The molecule has 0 radical (unpaired) electrons. The van der Waals surface area contributed by atoms with Gasteiger partial charge in [-0.05, 0) is 35.6 Å². The summed E-state index contributed by atoms with van der Waals surface area (Å²) in [5, 5.41) is 11.5. The molecule has 0 unspecified atom stereocenters. The SMILES string of the molecule is CCN(CC)CCc1nnnn1CC(=O)Oc1ccccc1. The minimum absolute atomic E-state index is 0.00940. The number of para-hydroxylation sites is 1. The van der Waals surface area contributed by atoms with E-state index in [9.17, 15) is 4.79 Å². The van der Waals surface area contributed by atoms with Crippen LogP contribution in [0.3, 0.4) is 0 Å². The Morgan fingerprint density at radius 3 is 2.64 bits per heavy atom. The Morgan fingerprint density at radius 2 is 1.95 bits per heavy atom. The number of rotatable bonds is 8. The first-order valence-corrected chi connectivity index (χ1v) is 7.46. The summed E-state index contributed by atoms with van der Waals surface area (Å²) in [4.78, 5) is 14.2. The average molecular weight is 303 g/mol. The van der Waals surface area contributed by atoms with Crippen LogP contribution in [0, 0.1) is 0 Å². The molecule has 1 heterocycles. The van der Waals surface area contributed by atoms with Gasteiger partial charge in [0.15, 0.2) is 5.82 Å². The van der Waals surface area contributed by atoms with Crippen molar-refractivity contribution < 1.29 is 9.53 Å². The molecule has 1 aromatic carbocycles. The standard InChI is InChI=1S/C15H21N5O2/c1-3-19(4-2)11-10-14-16-17-18-20(14)12-15(21)22-13-8-6-5-7-9-13/h5-9H,3-4,10-12H2,1-2H3. The smallest absolute Gasteiger partial charge is 0.333 e. The van der Waals surface area contributed by atoms with Gasteiger partial charge in [0.2, 0.25) is 0 Å². The molecule has 2 rings (SSSR count). The second kappa shape index (κ2) is 8.23. The molecule has 0 aliphatic heterocycles. The van der Waals surface area contributed by atoms with E-state index < -0.39 is 0 Å². The highest BCUT2D eigenvalue weighted by Crippen LogP contribution is 2.09. The summed E-state index contributed by atoms with van der Waals surface area (Å²) in [5.41, 5.74) is 0. The Labute approximate surface area is 129 Å². The first-order chi connectivity index (χ1) is 10.7. The second-order valence-corrected chi connectivity index (χ2v) is 4.82. The zero-order valence-electron chi connectivity index (χ0n) is 13.0. The lowest BCUT2D eigenvalue weighted by Gasteiger charge is -2.17. The number of likely N-dealkylation sites (N-methyl/N-ethyl adjacent to an activating group) is 1. The molecule has 0 amide bonds. The molecule has 0 atom stereocenters. The van der Waals surface area contributed by atoms with Crippen molar-refractivity contribution in [3.05, 3.63) is 36.2 Å². The Bertz CT molecular complexity index is 581. The van der Waals surface area contributed by atoms with Gasteiger partial charge in [0.1, 0.15) is 12.3 Å². The van der Waals surface area contributed by atoms with Crippen molar-refractivity contribution in [1.82, 2.24) is 25.1 Å². The van der Waals surface area contributed by atoms with Gasteiger partial charge in [-0.2, -0.15) is 0 Å². The molecule has 0 spiro atoms. The van der Waals surface area contributed by atoms with Crippen LogP contribution in [0.25, 0.3) is 0 Å². The molecule has 1 aromatic heterocycles. The number of tetrazole rings is 1. The molecule has 0 saturated carbocycles. The van der Waals surface area contributed by atoms with Gasteiger partial charge in [-0.15, -0.1) is 5.10 Å². The summed E-state index contributed by atoms with van der Waals surface area (Å²) in [6.07, 6.45) is 0.702. The molecule has 7 nitrogen and oxygen atoms in total. The van der Waals surface area contributed by atoms with Crippen LogP contribution in [0.5, 0.6) is 5.75 Å². The van der Waals surface area contributed by atoms with Crippen molar-refractivity contribution in [2.24, 2.45) is 0 Å². The van der Waals surface area contributed by atoms with E-state index in [0.29, 0.717) is 18.0 Å². The van der Waals surface area contributed by atoms with E-state index in [-0.39, 0.29) is 12.5 Å². The highest BCUT2D eigenvalue weighted by molar-refractivity contribution is 5.72. The molecule has 118 valence electrons. The summed E-state index contributed by atoms with van der Waals surface area (Å²) >= 11 is 0. The number of hydrogen-bond donors (Lipinski definition) is 0. The van der Waals surface area contributed by atoms with Gasteiger partial charge in [-0.1, -0.05) is 32.0 Å². The lowest BCUT2D eigenvalue weighted by atomic mass is 10.3. The maximum atomic E-state index is 11.9. The van der Waals surface area contributed by atoms with Crippen molar-refractivity contribution in [3.8, 4) is 5.75 Å². The minimum Gasteiger partial charge on any atom is -0.425 e. The number of ether oxygens (including phenoxy) is 1. The van der Waals surface area contributed by atoms with Crippen molar-refractivity contribution >= 4 is 5.97 Å². The fourth-order valence-electron chi connectivity index (χ4n) is 2.10. The number of benzene rings is 1. The predicted octanol–water partition coefficient (Wildman–Crippen LogP) is 1.16. The van der Waals surface area contributed by atoms with Crippen LogP contribution >= 0.6 is 0 Å². The van der Waals surface area contributed by atoms with Gasteiger partial charge >= 0.3 is 5.97 Å². The topological polar surface area (TPSA) is 73.1 Å². The van der Waals surface area contributed by atoms with Gasteiger partial charge in [-0.3, -0.25) is 0 Å². The molecule has 0 aliphatic carbocycles. The number of esters is 1. The number of hydrogen-bond acceptors (Lipinski definition) is 6. The molecule has 0 bridgehead atoms. The summed E-state index contributed by atoms with van der Waals surface area (Å²) in [6, 6.07) is 8.96. The molecular weight excluding hydrogens is 282 g/mol. The summed E-state index contributed by atoms with van der Waals surface area (Å²) in [5.74, 6) is 0.824. The number of nitrogens with zero attached hydrogens (tertiary/aromatic N) is 5. The third kappa shape index (κ3) is 4.63. The largest absolute Gasteiger partial charge is 0.425 e. The van der Waals surface area contributed by atoms with Crippen LogP contribution in [0.4, 0.5) is 0 Å². The van der Waals surface area contributed by atoms with E-state index in [4.69, 9.17) is 4.74 Å². The monoisotopic (exact) mass is 303 g/mol. The van der Waals surface area contributed by atoms with Crippen LogP contribution < -0.4 is 4.74 Å². The maximum absolute atomic E-state index is 11.9. The molecule has 22 heavy (non-hydrogen) atoms. The van der Waals surface area contributed by atoms with Crippen molar-refractivity contribution in [1.29, 1.82) is 0 Å². The molecule has 0 fully saturated rings. The second-order valence-electron chi connectivity index (χ2n) is 4.82. The lowest BCUT2D eigenvalue weighted by Crippen LogP contribution is -2.27. The van der Waals surface area contributed by atoms with Gasteiger partial charge in [0.05, 0.1) is 0 Å². The van der Waals surface area contributed by atoms with Gasteiger partial charge in [0.25, 0.3) is 0 Å². The third-order valence-electron chi connectivity index (χ3n) is 3.41. The van der Waals surface area contributed by atoms with Crippen molar-refractivity contribution in [3.63, 3.8) is 0 Å². The molecule has 7 heteroatoms. The van der Waals surface area contributed by atoms with E-state index in [1.807, 2.05) is 18.2 Å². The van der Waals surface area contributed by atoms with Crippen LogP contribution in [0.15, 0.2) is 30.3 Å². The Kier molecular flexibility index (Phi) is 6.02. The summed E-state index contributed by atoms with van der Waals surface area (Å²) in [6.45, 7) is 7.06. The van der Waals surface area contributed by atoms with Gasteiger partial charge in [0, 0.05) is 13.0 Å². The Balaban J connectivity index is 1.90. The normalized spacial score (nSPS) is 10.9. The molecule has 0 saturated heterocycles. The van der Waals surface area contributed by atoms with Gasteiger partial charge in [-0.25, -0.2) is 9.48 Å². The van der Waals surface area contributed by atoms with E-state index in [1.54, 1.807) is 12.1 Å². The maximum Gasteiger partial charge on any atom is 0.333 e. The number of aromatic nitrogens is 4. The molecular formula is C15H21N5O2. The lowest BCUT2D eigenvalue weighted by molar-refractivity contribution is -0.135. The summed E-state index contributed by atoms with van der Waals surface area (Å²) in [7, 11) is 0. The summed E-state index contributed by atoms with van der Waals surface area (Å²) < 4.78 is 6.74. The molecule has 2 aromatic rings. The van der Waals surface area contributed by atoms with E-state index in [0.717, 1.165) is 19.6 Å². The zero-order chi connectivity index (χ0) is 15.8. The van der Waals surface area contributed by atoms with E-state index >= 15 is 0 Å². The van der Waals surface area contributed by atoms with Crippen LogP contribution in [-0.2, 0) is 17.8 Å². The highest BCUT2D eigenvalue weighted by atomic mass is 16.5. The van der Waals surface area contributed by atoms with Gasteiger partial charge < -0.3 is 9.64 Å². The van der Waals surface area contributed by atoms with Crippen LogP contribution in [-0.4, -0.2) is 50.7 Å². The van der Waals surface area contributed by atoms with Crippen LogP contribution in [0.1, 0.15) is 19.7 Å². The quantitative estimate of drug-likeness (QED) is 0.538. The average Bonchev–Trinajstić information content (AvgIpc) is 2.96. The first-order valence-electron chi connectivity index (χ1n) is 7.46. The fraction of sp³-hybridized carbons (Fsp3) is 0.467. The predicted molar refractivity (Wildman–Crippen MR) is 81.4 cm³/mol. The van der Waals surface area contributed by atoms with Crippen LogP contribution in [0.2, 0.25) is 0 Å². The molecule has 0 N–H and O–H groups in total. The Morgan fingerprint density at radius 1 is 1.23 bits per heavy atom. The molecule has 0 aliphatic rings. The van der Waals surface area contributed by atoms with Crippen molar-refractivity contribution in [2.75, 3.05) is 19.6 Å². The number of carbonyl (C=O) groups is 1. The van der Waals surface area contributed by atoms with E-state index in [1.165, 1.54) is 4.68 Å². The highest BCUT2D eigenvalue weighted by Gasteiger charge is 2.13.